The third-order valence-corrected chi connectivity index (χ3v) is 3.10. The van der Waals surface area contributed by atoms with Gasteiger partial charge in [-0.1, -0.05) is 13.8 Å². The van der Waals surface area contributed by atoms with Crippen molar-refractivity contribution in [2.45, 2.75) is 32.6 Å². The van der Waals surface area contributed by atoms with Crippen molar-refractivity contribution < 1.29 is 9.47 Å². The van der Waals surface area contributed by atoms with Gasteiger partial charge in [0.15, 0.2) is 0 Å². The number of unbranched alkanes of at least 4 members (excludes halogenated alkanes) is 1. The lowest BCUT2D eigenvalue weighted by atomic mass is 10.1. The quantitative estimate of drug-likeness (QED) is 0.643. The molecule has 0 aromatic carbocycles. The van der Waals surface area contributed by atoms with Crippen LogP contribution in [0.4, 0.5) is 11.5 Å². The van der Waals surface area contributed by atoms with Crippen molar-refractivity contribution in [3.8, 4) is 0 Å². The standard InChI is InChI=1S/C14H28N4O2/c1-11(2)13-12(15)14(18(3)17-13)16-7-5-6-8-20-10-9-19-4/h11,16H,5-10,15H2,1-4H3. The summed E-state index contributed by atoms with van der Waals surface area (Å²) >= 11 is 0. The maximum Gasteiger partial charge on any atom is 0.147 e. The Kier molecular flexibility index (Phi) is 7.40. The van der Waals surface area contributed by atoms with Gasteiger partial charge in [0, 0.05) is 27.3 Å². The maximum absolute atomic E-state index is 6.12. The van der Waals surface area contributed by atoms with Gasteiger partial charge in [-0.05, 0) is 18.8 Å². The number of hydrogen-bond donors (Lipinski definition) is 2. The molecular formula is C14H28N4O2. The Morgan fingerprint density at radius 1 is 1.25 bits per heavy atom. The van der Waals surface area contributed by atoms with Crippen LogP contribution in [0.15, 0.2) is 0 Å². The molecule has 20 heavy (non-hydrogen) atoms. The molecule has 1 rings (SSSR count). The minimum Gasteiger partial charge on any atom is -0.394 e. The first kappa shape index (κ1) is 16.8. The molecule has 0 amide bonds. The zero-order valence-electron chi connectivity index (χ0n) is 13.1. The molecule has 0 radical (unpaired) electrons. The van der Waals surface area contributed by atoms with Crippen LogP contribution in [-0.2, 0) is 16.5 Å². The molecule has 0 bridgehead atoms. The van der Waals surface area contributed by atoms with Gasteiger partial charge in [0.05, 0.1) is 24.6 Å². The molecular weight excluding hydrogens is 256 g/mol. The van der Waals surface area contributed by atoms with E-state index in [1.54, 1.807) is 7.11 Å². The fraction of sp³-hybridized carbons (Fsp3) is 0.786. The maximum atomic E-state index is 6.12. The van der Waals surface area contributed by atoms with E-state index >= 15 is 0 Å². The highest BCUT2D eigenvalue weighted by Crippen LogP contribution is 2.27. The average molecular weight is 284 g/mol. The monoisotopic (exact) mass is 284 g/mol. The van der Waals surface area contributed by atoms with E-state index in [4.69, 9.17) is 15.2 Å². The SMILES string of the molecule is COCCOCCCCNc1c(N)c(C(C)C)nn1C. The Morgan fingerprint density at radius 2 is 2.00 bits per heavy atom. The van der Waals surface area contributed by atoms with Gasteiger partial charge in [-0.15, -0.1) is 0 Å². The Hall–Kier alpha value is -1.27. The minimum atomic E-state index is 0.339. The van der Waals surface area contributed by atoms with Crippen molar-refractivity contribution in [3.63, 3.8) is 0 Å². The van der Waals surface area contributed by atoms with Crippen molar-refractivity contribution in [2.75, 3.05) is 44.5 Å². The first-order valence-electron chi connectivity index (χ1n) is 7.20. The number of hydrogen-bond acceptors (Lipinski definition) is 5. The highest BCUT2D eigenvalue weighted by Gasteiger charge is 2.15. The number of ether oxygens (including phenoxy) is 2. The summed E-state index contributed by atoms with van der Waals surface area (Å²) < 4.78 is 12.1. The van der Waals surface area contributed by atoms with Crippen LogP contribution in [0.25, 0.3) is 0 Å². The second kappa shape index (κ2) is 8.81. The van der Waals surface area contributed by atoms with Crippen LogP contribution in [0.5, 0.6) is 0 Å². The van der Waals surface area contributed by atoms with E-state index < -0.39 is 0 Å². The molecule has 1 heterocycles. The molecule has 0 saturated heterocycles. The normalized spacial score (nSPS) is 11.2. The number of rotatable bonds is 10. The van der Waals surface area contributed by atoms with Crippen LogP contribution in [0, 0.1) is 0 Å². The third-order valence-electron chi connectivity index (χ3n) is 3.10. The van der Waals surface area contributed by atoms with E-state index in [0.717, 1.165) is 43.2 Å². The van der Waals surface area contributed by atoms with Gasteiger partial charge in [0.2, 0.25) is 0 Å². The minimum absolute atomic E-state index is 0.339. The summed E-state index contributed by atoms with van der Waals surface area (Å²) in [5.41, 5.74) is 7.84. The highest BCUT2D eigenvalue weighted by atomic mass is 16.5. The Bertz CT molecular complexity index is 391. The van der Waals surface area contributed by atoms with Gasteiger partial charge in [-0.2, -0.15) is 5.10 Å². The van der Waals surface area contributed by atoms with Crippen LogP contribution < -0.4 is 11.1 Å². The highest BCUT2D eigenvalue weighted by molar-refractivity contribution is 5.65. The lowest BCUT2D eigenvalue weighted by molar-refractivity contribution is 0.0691. The fourth-order valence-corrected chi connectivity index (χ4v) is 1.98. The predicted octanol–water partition coefficient (Wildman–Crippen LogP) is 1.98. The zero-order valence-corrected chi connectivity index (χ0v) is 13.1. The van der Waals surface area contributed by atoms with E-state index in [9.17, 15) is 0 Å². The lowest BCUT2D eigenvalue weighted by Gasteiger charge is -2.08. The molecule has 116 valence electrons. The molecule has 0 fully saturated rings. The summed E-state index contributed by atoms with van der Waals surface area (Å²) in [5, 5.41) is 7.80. The fourth-order valence-electron chi connectivity index (χ4n) is 1.98. The summed E-state index contributed by atoms with van der Waals surface area (Å²) in [6.45, 7) is 7.15. The van der Waals surface area contributed by atoms with Gasteiger partial charge < -0.3 is 20.5 Å². The van der Waals surface area contributed by atoms with E-state index in [-0.39, 0.29) is 0 Å². The van der Waals surface area contributed by atoms with E-state index in [0.29, 0.717) is 19.1 Å². The molecule has 3 N–H and O–H groups in total. The van der Waals surface area contributed by atoms with Gasteiger partial charge >= 0.3 is 0 Å². The summed E-state index contributed by atoms with van der Waals surface area (Å²) in [7, 11) is 3.59. The Balaban J connectivity index is 2.25. The Labute approximate surface area is 121 Å². The number of nitrogens with two attached hydrogens (primary N) is 1. The van der Waals surface area contributed by atoms with Crippen LogP contribution >= 0.6 is 0 Å². The second-order valence-corrected chi connectivity index (χ2v) is 5.16. The van der Waals surface area contributed by atoms with Gasteiger partial charge in [0.25, 0.3) is 0 Å². The summed E-state index contributed by atoms with van der Waals surface area (Å²) in [6.07, 6.45) is 2.06. The summed E-state index contributed by atoms with van der Waals surface area (Å²) in [6, 6.07) is 0. The first-order chi connectivity index (χ1) is 9.57. The molecule has 1 aromatic heterocycles. The van der Waals surface area contributed by atoms with Crippen LogP contribution in [0.1, 0.15) is 38.3 Å². The molecule has 0 saturated carbocycles. The van der Waals surface area contributed by atoms with Crippen LogP contribution in [-0.4, -0.2) is 43.3 Å². The number of methoxy groups -OCH3 is 1. The molecule has 0 aliphatic rings. The number of anilines is 2. The van der Waals surface area contributed by atoms with Crippen molar-refractivity contribution in [3.05, 3.63) is 5.69 Å². The van der Waals surface area contributed by atoms with Crippen LogP contribution in [0.2, 0.25) is 0 Å². The number of nitrogens with zero attached hydrogens (tertiary/aromatic N) is 2. The number of nitrogen functional groups attached to an aromatic ring is 1. The van der Waals surface area contributed by atoms with Crippen molar-refractivity contribution in [1.29, 1.82) is 0 Å². The van der Waals surface area contributed by atoms with Gasteiger partial charge in [-0.25, -0.2) is 0 Å². The number of aryl methyl sites for hydroxylation is 1. The van der Waals surface area contributed by atoms with Crippen molar-refractivity contribution in [1.82, 2.24) is 9.78 Å². The smallest absolute Gasteiger partial charge is 0.147 e. The molecule has 6 heteroatoms. The topological polar surface area (TPSA) is 74.3 Å². The van der Waals surface area contributed by atoms with E-state index in [1.165, 1.54) is 0 Å². The van der Waals surface area contributed by atoms with Crippen molar-refractivity contribution >= 4 is 11.5 Å². The summed E-state index contributed by atoms with van der Waals surface area (Å²) in [5.74, 6) is 1.25. The molecule has 0 spiro atoms. The average Bonchev–Trinajstić information content (AvgIpc) is 2.69. The first-order valence-corrected chi connectivity index (χ1v) is 7.20. The van der Waals surface area contributed by atoms with E-state index in [1.807, 2.05) is 11.7 Å². The molecule has 0 atom stereocenters. The zero-order chi connectivity index (χ0) is 15.0. The lowest BCUT2D eigenvalue weighted by Crippen LogP contribution is -2.09. The Morgan fingerprint density at radius 3 is 2.60 bits per heavy atom. The molecule has 0 aliphatic carbocycles. The third kappa shape index (κ3) is 5.02. The van der Waals surface area contributed by atoms with E-state index in [2.05, 4.69) is 24.3 Å². The van der Waals surface area contributed by atoms with Crippen molar-refractivity contribution in [2.24, 2.45) is 7.05 Å². The predicted molar refractivity (Wildman–Crippen MR) is 82.1 cm³/mol. The second-order valence-electron chi connectivity index (χ2n) is 5.16. The number of aromatic nitrogens is 2. The molecule has 1 aromatic rings. The van der Waals surface area contributed by atoms with Crippen LogP contribution in [0.3, 0.4) is 0 Å². The molecule has 0 unspecified atom stereocenters. The largest absolute Gasteiger partial charge is 0.394 e. The number of nitrogens with one attached hydrogen (secondary N) is 1. The molecule has 6 nitrogen and oxygen atoms in total. The van der Waals surface area contributed by atoms with Gasteiger partial charge in [0.1, 0.15) is 5.82 Å². The van der Waals surface area contributed by atoms with Gasteiger partial charge in [-0.3, -0.25) is 4.68 Å². The molecule has 0 aliphatic heterocycles. The summed E-state index contributed by atoms with van der Waals surface area (Å²) in [4.78, 5) is 0.